The SMILES string of the molecule is Cn1nccc1C(=O)NCCC1CCOC12CN(Cc1ccco1)C2. The summed E-state index contributed by atoms with van der Waals surface area (Å²) in [6.45, 7) is 4.19. The van der Waals surface area contributed by atoms with Crippen molar-refractivity contribution in [1.29, 1.82) is 0 Å². The summed E-state index contributed by atoms with van der Waals surface area (Å²) in [7, 11) is 1.77. The Labute approximate surface area is 146 Å². The predicted octanol–water partition coefficient (Wildman–Crippen LogP) is 1.42. The zero-order valence-corrected chi connectivity index (χ0v) is 14.5. The smallest absolute Gasteiger partial charge is 0.269 e. The summed E-state index contributed by atoms with van der Waals surface area (Å²) in [6, 6.07) is 5.66. The van der Waals surface area contributed by atoms with Gasteiger partial charge in [-0.25, -0.2) is 0 Å². The summed E-state index contributed by atoms with van der Waals surface area (Å²) in [5, 5.41) is 7.03. The van der Waals surface area contributed by atoms with E-state index in [9.17, 15) is 4.79 Å². The van der Waals surface area contributed by atoms with Gasteiger partial charge >= 0.3 is 0 Å². The summed E-state index contributed by atoms with van der Waals surface area (Å²) in [4.78, 5) is 14.5. The van der Waals surface area contributed by atoms with Crippen LogP contribution in [0, 0.1) is 5.92 Å². The lowest BCUT2D eigenvalue weighted by atomic mass is 9.79. The third kappa shape index (κ3) is 3.21. The zero-order valence-electron chi connectivity index (χ0n) is 14.5. The van der Waals surface area contributed by atoms with Crippen molar-refractivity contribution in [3.05, 3.63) is 42.1 Å². The quantitative estimate of drug-likeness (QED) is 0.858. The van der Waals surface area contributed by atoms with E-state index in [4.69, 9.17) is 9.15 Å². The number of aromatic nitrogens is 2. The molecular formula is C18H24N4O3. The lowest BCUT2D eigenvalue weighted by Crippen LogP contribution is -2.64. The van der Waals surface area contributed by atoms with Crippen LogP contribution < -0.4 is 5.32 Å². The summed E-state index contributed by atoms with van der Waals surface area (Å²) >= 11 is 0. The van der Waals surface area contributed by atoms with Gasteiger partial charge in [-0.1, -0.05) is 0 Å². The van der Waals surface area contributed by atoms with Gasteiger partial charge in [-0.3, -0.25) is 14.4 Å². The number of carbonyl (C=O) groups excluding carboxylic acids is 1. The van der Waals surface area contributed by atoms with E-state index in [-0.39, 0.29) is 11.5 Å². The highest BCUT2D eigenvalue weighted by Gasteiger charge is 2.52. The topological polar surface area (TPSA) is 72.5 Å². The van der Waals surface area contributed by atoms with Gasteiger partial charge < -0.3 is 14.5 Å². The molecular weight excluding hydrogens is 320 g/mol. The van der Waals surface area contributed by atoms with Crippen LogP contribution in [0.3, 0.4) is 0 Å². The predicted molar refractivity (Wildman–Crippen MR) is 90.9 cm³/mol. The van der Waals surface area contributed by atoms with Crippen molar-refractivity contribution in [3.63, 3.8) is 0 Å². The molecule has 1 unspecified atom stereocenters. The Hall–Kier alpha value is -2.12. The number of aryl methyl sites for hydroxylation is 1. The number of hydrogen-bond acceptors (Lipinski definition) is 5. The number of amides is 1. The summed E-state index contributed by atoms with van der Waals surface area (Å²) in [5.41, 5.74) is 0.551. The van der Waals surface area contributed by atoms with Crippen LogP contribution in [0.2, 0.25) is 0 Å². The van der Waals surface area contributed by atoms with E-state index in [2.05, 4.69) is 15.3 Å². The van der Waals surface area contributed by atoms with Gasteiger partial charge in [0.2, 0.25) is 0 Å². The van der Waals surface area contributed by atoms with Crippen LogP contribution in [-0.2, 0) is 18.3 Å². The molecule has 134 valence electrons. The number of nitrogens with one attached hydrogen (secondary N) is 1. The molecule has 7 heteroatoms. The third-order valence-corrected chi connectivity index (χ3v) is 5.37. The normalized spacial score (nSPS) is 22.2. The highest BCUT2D eigenvalue weighted by molar-refractivity contribution is 5.92. The molecule has 2 aliphatic rings. The number of nitrogens with zero attached hydrogens (tertiary/aromatic N) is 3. The lowest BCUT2D eigenvalue weighted by molar-refractivity contribution is -0.138. The molecule has 2 aliphatic heterocycles. The molecule has 4 rings (SSSR count). The summed E-state index contributed by atoms with van der Waals surface area (Å²) in [6.07, 6.45) is 5.36. The van der Waals surface area contributed by atoms with Crippen LogP contribution in [-0.4, -0.2) is 52.4 Å². The maximum absolute atomic E-state index is 12.2. The third-order valence-electron chi connectivity index (χ3n) is 5.37. The minimum atomic E-state index is -0.0685. The van der Waals surface area contributed by atoms with Crippen LogP contribution in [0.15, 0.2) is 35.1 Å². The lowest BCUT2D eigenvalue weighted by Gasteiger charge is -2.50. The first kappa shape index (κ1) is 16.4. The van der Waals surface area contributed by atoms with E-state index in [1.807, 2.05) is 12.1 Å². The minimum Gasteiger partial charge on any atom is -0.468 e. The number of furan rings is 1. The van der Waals surface area contributed by atoms with Gasteiger partial charge in [-0.05, 0) is 37.0 Å². The molecule has 0 bridgehead atoms. The van der Waals surface area contributed by atoms with Gasteiger partial charge in [0, 0.05) is 39.5 Å². The van der Waals surface area contributed by atoms with E-state index in [1.165, 1.54) is 0 Å². The number of rotatable bonds is 6. The molecule has 2 aromatic heterocycles. The van der Waals surface area contributed by atoms with Crippen molar-refractivity contribution < 1.29 is 13.9 Å². The molecule has 7 nitrogen and oxygen atoms in total. The van der Waals surface area contributed by atoms with Crippen molar-refractivity contribution in [3.8, 4) is 0 Å². The number of ether oxygens (including phenoxy) is 1. The first-order valence-corrected chi connectivity index (χ1v) is 8.81. The Morgan fingerprint density at radius 2 is 2.32 bits per heavy atom. The number of hydrogen-bond donors (Lipinski definition) is 1. The van der Waals surface area contributed by atoms with Gasteiger partial charge in [0.15, 0.2) is 0 Å². The molecule has 0 aliphatic carbocycles. The zero-order chi connectivity index (χ0) is 17.3. The average molecular weight is 344 g/mol. The summed E-state index contributed by atoms with van der Waals surface area (Å²) < 4.78 is 13.1. The van der Waals surface area contributed by atoms with Crippen molar-refractivity contribution in [2.45, 2.75) is 25.0 Å². The number of likely N-dealkylation sites (tertiary alicyclic amines) is 1. The van der Waals surface area contributed by atoms with Crippen molar-refractivity contribution in [2.75, 3.05) is 26.2 Å². The Balaban J connectivity index is 1.25. The van der Waals surface area contributed by atoms with E-state index < -0.39 is 0 Å². The van der Waals surface area contributed by atoms with Crippen LogP contribution in [0.25, 0.3) is 0 Å². The van der Waals surface area contributed by atoms with E-state index in [0.717, 1.165) is 44.8 Å². The first-order valence-electron chi connectivity index (χ1n) is 8.81. The molecule has 2 saturated heterocycles. The molecule has 0 saturated carbocycles. The van der Waals surface area contributed by atoms with Crippen molar-refractivity contribution >= 4 is 5.91 Å². The largest absolute Gasteiger partial charge is 0.468 e. The first-order chi connectivity index (χ1) is 12.2. The monoisotopic (exact) mass is 344 g/mol. The molecule has 0 radical (unpaired) electrons. The molecule has 1 N–H and O–H groups in total. The highest BCUT2D eigenvalue weighted by Crippen LogP contribution is 2.42. The Morgan fingerprint density at radius 3 is 3.04 bits per heavy atom. The fraction of sp³-hybridized carbons (Fsp3) is 0.556. The van der Waals surface area contributed by atoms with E-state index in [0.29, 0.717) is 18.2 Å². The maximum atomic E-state index is 12.2. The van der Waals surface area contributed by atoms with Gasteiger partial charge in [0.1, 0.15) is 11.5 Å². The Kier molecular flexibility index (Phi) is 4.35. The Morgan fingerprint density at radius 1 is 1.44 bits per heavy atom. The van der Waals surface area contributed by atoms with Crippen LogP contribution in [0.1, 0.15) is 29.1 Å². The van der Waals surface area contributed by atoms with E-state index >= 15 is 0 Å². The molecule has 1 atom stereocenters. The van der Waals surface area contributed by atoms with Crippen molar-refractivity contribution in [2.24, 2.45) is 13.0 Å². The van der Waals surface area contributed by atoms with Crippen LogP contribution in [0.5, 0.6) is 0 Å². The van der Waals surface area contributed by atoms with E-state index in [1.54, 1.807) is 30.3 Å². The fourth-order valence-corrected chi connectivity index (χ4v) is 4.03. The molecule has 1 amide bonds. The summed E-state index contributed by atoms with van der Waals surface area (Å²) in [5.74, 6) is 1.42. The maximum Gasteiger partial charge on any atom is 0.269 e. The molecule has 2 fully saturated rings. The number of carbonyl (C=O) groups is 1. The fourth-order valence-electron chi connectivity index (χ4n) is 4.03. The Bertz CT molecular complexity index is 719. The average Bonchev–Trinajstić information content (AvgIpc) is 3.28. The van der Waals surface area contributed by atoms with Gasteiger partial charge in [0.25, 0.3) is 5.91 Å². The van der Waals surface area contributed by atoms with Gasteiger partial charge in [0.05, 0.1) is 18.4 Å². The highest BCUT2D eigenvalue weighted by atomic mass is 16.5. The molecule has 4 heterocycles. The molecule has 0 aromatic carbocycles. The molecule has 2 aromatic rings. The second kappa shape index (κ2) is 6.65. The second-order valence-electron chi connectivity index (χ2n) is 7.01. The standard InChI is InChI=1S/C18H24N4O3/c1-21-16(5-8-20-21)17(23)19-7-4-14-6-10-25-18(14)12-22(13-18)11-15-3-2-9-24-15/h2-3,5,8-9,14H,4,6-7,10-13H2,1H3,(H,19,23). The van der Waals surface area contributed by atoms with Crippen LogP contribution >= 0.6 is 0 Å². The second-order valence-corrected chi connectivity index (χ2v) is 7.01. The van der Waals surface area contributed by atoms with Crippen LogP contribution in [0.4, 0.5) is 0 Å². The molecule has 25 heavy (non-hydrogen) atoms. The van der Waals surface area contributed by atoms with Crippen molar-refractivity contribution in [1.82, 2.24) is 20.0 Å². The van der Waals surface area contributed by atoms with Gasteiger partial charge in [-0.15, -0.1) is 0 Å². The van der Waals surface area contributed by atoms with Gasteiger partial charge in [-0.2, -0.15) is 5.10 Å². The molecule has 1 spiro atoms. The minimum absolute atomic E-state index is 0.0378.